The summed E-state index contributed by atoms with van der Waals surface area (Å²) in [5.74, 6) is -0.587. The summed E-state index contributed by atoms with van der Waals surface area (Å²) in [6.45, 7) is 6.04. The minimum atomic E-state index is -0.659. The molecule has 0 aliphatic carbocycles. The number of amides is 1. The van der Waals surface area contributed by atoms with E-state index in [0.717, 1.165) is 19.6 Å². The third kappa shape index (κ3) is 4.35. The van der Waals surface area contributed by atoms with Gasteiger partial charge in [0.25, 0.3) is 5.91 Å². The number of carbonyl (C=O) groups is 1. The van der Waals surface area contributed by atoms with E-state index in [1.807, 2.05) is 6.07 Å². The van der Waals surface area contributed by atoms with Crippen molar-refractivity contribution in [3.05, 3.63) is 69.8 Å². The summed E-state index contributed by atoms with van der Waals surface area (Å²) in [6.07, 6.45) is 2.91. The van der Waals surface area contributed by atoms with Crippen LogP contribution in [0.2, 0.25) is 0 Å². The molecular weight excluding hydrogens is 388 g/mol. The minimum Gasteiger partial charge on any atom is -0.390 e. The van der Waals surface area contributed by atoms with E-state index in [1.165, 1.54) is 26.8 Å². The van der Waals surface area contributed by atoms with Gasteiger partial charge >= 0.3 is 5.95 Å². The standard InChI is InChI=1S/C19H22N8O3/c1-15-4-2-3-5-16(15)12-23-8-10-24(11-9-23)18(28)17-6-7-25(21-17)14-26-13-20-19(22-26)27(29)30/h2-7,13H,8-12,14H2,1H3. The highest BCUT2D eigenvalue weighted by Crippen LogP contribution is 2.14. The number of aromatic nitrogens is 5. The Kier molecular flexibility index (Phi) is 5.53. The normalized spacial score (nSPS) is 14.8. The first-order valence-corrected chi connectivity index (χ1v) is 9.63. The Morgan fingerprint density at radius 1 is 1.10 bits per heavy atom. The van der Waals surface area contributed by atoms with Crippen LogP contribution in [-0.4, -0.2) is 71.4 Å². The van der Waals surface area contributed by atoms with E-state index in [1.54, 1.807) is 17.2 Å². The highest BCUT2D eigenvalue weighted by molar-refractivity contribution is 5.92. The predicted molar refractivity (Wildman–Crippen MR) is 107 cm³/mol. The van der Waals surface area contributed by atoms with Crippen LogP contribution in [0.3, 0.4) is 0 Å². The summed E-state index contributed by atoms with van der Waals surface area (Å²) in [7, 11) is 0. The maximum atomic E-state index is 12.8. The molecule has 156 valence electrons. The lowest BCUT2D eigenvalue weighted by Crippen LogP contribution is -2.48. The highest BCUT2D eigenvalue weighted by atomic mass is 16.6. The molecule has 4 rings (SSSR count). The van der Waals surface area contributed by atoms with Crippen molar-refractivity contribution in [2.24, 2.45) is 0 Å². The Morgan fingerprint density at radius 2 is 1.87 bits per heavy atom. The fraction of sp³-hybridized carbons (Fsp3) is 0.368. The van der Waals surface area contributed by atoms with Gasteiger partial charge in [-0.1, -0.05) is 29.2 Å². The maximum Gasteiger partial charge on any atom is 0.491 e. The second-order valence-corrected chi connectivity index (χ2v) is 7.22. The summed E-state index contributed by atoms with van der Waals surface area (Å²) in [5, 5.41) is 18.7. The molecule has 1 fully saturated rings. The number of nitrogens with zero attached hydrogens (tertiary/aromatic N) is 8. The van der Waals surface area contributed by atoms with Crippen LogP contribution in [0, 0.1) is 17.0 Å². The first-order chi connectivity index (χ1) is 14.5. The van der Waals surface area contributed by atoms with Crippen LogP contribution in [0.5, 0.6) is 0 Å². The van der Waals surface area contributed by atoms with E-state index in [-0.39, 0.29) is 12.6 Å². The molecule has 0 atom stereocenters. The molecule has 0 radical (unpaired) electrons. The number of rotatable bonds is 6. The van der Waals surface area contributed by atoms with Gasteiger partial charge in [0, 0.05) is 44.0 Å². The number of carbonyl (C=O) groups excluding carboxylic acids is 1. The predicted octanol–water partition coefficient (Wildman–Crippen LogP) is 1.16. The topological polar surface area (TPSA) is 115 Å². The Bertz CT molecular complexity index is 1050. The van der Waals surface area contributed by atoms with Gasteiger partial charge in [-0.25, -0.2) is 4.68 Å². The summed E-state index contributed by atoms with van der Waals surface area (Å²) in [6, 6.07) is 9.99. The van der Waals surface area contributed by atoms with Crippen LogP contribution in [-0.2, 0) is 13.2 Å². The van der Waals surface area contributed by atoms with Crippen LogP contribution in [0.1, 0.15) is 21.6 Å². The van der Waals surface area contributed by atoms with E-state index in [0.29, 0.717) is 18.8 Å². The van der Waals surface area contributed by atoms with Crippen molar-refractivity contribution >= 4 is 11.9 Å². The van der Waals surface area contributed by atoms with E-state index >= 15 is 0 Å². The van der Waals surface area contributed by atoms with E-state index in [2.05, 4.69) is 45.2 Å². The minimum absolute atomic E-state index is 0.117. The highest BCUT2D eigenvalue weighted by Gasteiger charge is 2.24. The molecule has 3 heterocycles. The quantitative estimate of drug-likeness (QED) is 0.442. The van der Waals surface area contributed by atoms with Gasteiger partial charge in [0.1, 0.15) is 5.69 Å². The molecule has 0 N–H and O–H groups in total. The average molecular weight is 410 g/mol. The van der Waals surface area contributed by atoms with Gasteiger partial charge in [-0.05, 0) is 29.0 Å². The van der Waals surface area contributed by atoms with Crippen molar-refractivity contribution in [3.8, 4) is 0 Å². The Hall–Kier alpha value is -3.60. The van der Waals surface area contributed by atoms with Crippen LogP contribution in [0.15, 0.2) is 42.9 Å². The number of piperazine rings is 1. The zero-order valence-electron chi connectivity index (χ0n) is 16.6. The second kappa shape index (κ2) is 8.41. The summed E-state index contributed by atoms with van der Waals surface area (Å²) in [4.78, 5) is 30.6. The molecular formula is C19H22N8O3. The third-order valence-electron chi connectivity index (χ3n) is 5.15. The molecule has 0 bridgehead atoms. The van der Waals surface area contributed by atoms with Crippen molar-refractivity contribution in [1.82, 2.24) is 34.3 Å². The molecule has 2 aromatic heterocycles. The van der Waals surface area contributed by atoms with Gasteiger partial charge in [0.05, 0.1) is 0 Å². The third-order valence-corrected chi connectivity index (χ3v) is 5.15. The lowest BCUT2D eigenvalue weighted by Gasteiger charge is -2.34. The number of nitro groups is 1. The number of benzene rings is 1. The van der Waals surface area contributed by atoms with E-state index < -0.39 is 10.9 Å². The lowest BCUT2D eigenvalue weighted by molar-refractivity contribution is -0.394. The molecule has 11 nitrogen and oxygen atoms in total. The van der Waals surface area contributed by atoms with Crippen molar-refractivity contribution in [3.63, 3.8) is 0 Å². The Balaban J connectivity index is 1.32. The SMILES string of the molecule is Cc1ccccc1CN1CCN(C(=O)c2ccn(Cn3cnc([N+](=O)[O-])n3)n2)CC1. The fourth-order valence-corrected chi connectivity index (χ4v) is 3.44. The summed E-state index contributed by atoms with van der Waals surface area (Å²) >= 11 is 0. The van der Waals surface area contributed by atoms with Gasteiger partial charge in [0.15, 0.2) is 6.67 Å². The molecule has 0 unspecified atom stereocenters. The van der Waals surface area contributed by atoms with Crippen molar-refractivity contribution < 1.29 is 9.72 Å². The zero-order chi connectivity index (χ0) is 21.1. The number of hydrogen-bond donors (Lipinski definition) is 0. The smallest absolute Gasteiger partial charge is 0.390 e. The van der Waals surface area contributed by atoms with Gasteiger partial charge in [0.2, 0.25) is 6.33 Å². The first-order valence-electron chi connectivity index (χ1n) is 9.63. The fourth-order valence-electron chi connectivity index (χ4n) is 3.44. The Labute approximate surface area is 172 Å². The molecule has 11 heteroatoms. The molecule has 3 aromatic rings. The van der Waals surface area contributed by atoms with Crippen LogP contribution in [0.4, 0.5) is 5.95 Å². The second-order valence-electron chi connectivity index (χ2n) is 7.22. The van der Waals surface area contributed by atoms with E-state index in [9.17, 15) is 14.9 Å². The van der Waals surface area contributed by atoms with Gasteiger partial charge in [-0.2, -0.15) is 9.78 Å². The zero-order valence-corrected chi connectivity index (χ0v) is 16.6. The van der Waals surface area contributed by atoms with Gasteiger partial charge in [-0.15, -0.1) is 0 Å². The van der Waals surface area contributed by atoms with Gasteiger partial charge in [-0.3, -0.25) is 9.69 Å². The molecule has 1 aliphatic rings. The number of hydrogen-bond acceptors (Lipinski definition) is 7. The largest absolute Gasteiger partial charge is 0.491 e. The molecule has 30 heavy (non-hydrogen) atoms. The average Bonchev–Trinajstić information content (AvgIpc) is 3.40. The molecule has 1 amide bonds. The monoisotopic (exact) mass is 410 g/mol. The maximum absolute atomic E-state index is 12.8. The molecule has 1 aromatic carbocycles. The summed E-state index contributed by atoms with van der Waals surface area (Å²) in [5.41, 5.74) is 2.93. The van der Waals surface area contributed by atoms with Crippen LogP contribution in [0.25, 0.3) is 0 Å². The van der Waals surface area contributed by atoms with Crippen molar-refractivity contribution in [1.29, 1.82) is 0 Å². The molecule has 1 aliphatic heterocycles. The Morgan fingerprint density at radius 3 is 2.57 bits per heavy atom. The molecule has 0 saturated carbocycles. The summed E-state index contributed by atoms with van der Waals surface area (Å²) < 4.78 is 2.80. The molecule has 1 saturated heterocycles. The first kappa shape index (κ1) is 19.7. The van der Waals surface area contributed by atoms with Crippen molar-refractivity contribution in [2.75, 3.05) is 26.2 Å². The van der Waals surface area contributed by atoms with Gasteiger partial charge < -0.3 is 15.0 Å². The van der Waals surface area contributed by atoms with Crippen LogP contribution < -0.4 is 0 Å². The van der Waals surface area contributed by atoms with Crippen molar-refractivity contribution in [2.45, 2.75) is 20.1 Å². The lowest BCUT2D eigenvalue weighted by atomic mass is 10.1. The molecule has 0 spiro atoms. The van der Waals surface area contributed by atoms with E-state index in [4.69, 9.17) is 0 Å². The van der Waals surface area contributed by atoms with Crippen LogP contribution >= 0.6 is 0 Å². The number of aryl methyl sites for hydroxylation is 1.